The molecule has 11 heteroatoms. The Bertz CT molecular complexity index is 1590. The SMILES string of the molecule is CCOC(=O)c1ccc2c(c1)sc(=NC(=O)c1ccc(NS(=O)(=O)c3ccccc3)cc1)n2CCOC. The molecule has 0 bridgehead atoms. The second kappa shape index (κ2) is 11.5. The van der Waals surface area contributed by atoms with Crippen LogP contribution >= 0.6 is 11.3 Å². The Balaban J connectivity index is 1.62. The van der Waals surface area contributed by atoms with Gasteiger partial charge in [0.1, 0.15) is 0 Å². The van der Waals surface area contributed by atoms with Crippen molar-refractivity contribution in [1.82, 2.24) is 4.57 Å². The van der Waals surface area contributed by atoms with Gasteiger partial charge in [-0.25, -0.2) is 13.2 Å². The van der Waals surface area contributed by atoms with E-state index in [1.54, 1.807) is 50.4 Å². The van der Waals surface area contributed by atoms with Crippen LogP contribution < -0.4 is 9.52 Å². The smallest absolute Gasteiger partial charge is 0.338 e. The number of fused-ring (bicyclic) bond motifs is 1. The summed E-state index contributed by atoms with van der Waals surface area (Å²) in [5, 5.41) is 0. The lowest BCUT2D eigenvalue weighted by atomic mass is 10.2. The number of thiazole rings is 1. The number of esters is 1. The number of carbonyl (C=O) groups is 2. The van der Waals surface area contributed by atoms with Gasteiger partial charge in [-0.1, -0.05) is 29.5 Å². The van der Waals surface area contributed by atoms with Crippen LogP contribution in [0.1, 0.15) is 27.6 Å². The van der Waals surface area contributed by atoms with Gasteiger partial charge in [-0.2, -0.15) is 4.99 Å². The maximum absolute atomic E-state index is 13.0. The zero-order chi connectivity index (χ0) is 26.4. The van der Waals surface area contributed by atoms with Crippen LogP contribution in [0.4, 0.5) is 5.69 Å². The van der Waals surface area contributed by atoms with Crippen molar-refractivity contribution in [2.45, 2.75) is 18.4 Å². The number of carbonyl (C=O) groups excluding carboxylic acids is 2. The van der Waals surface area contributed by atoms with Crippen LogP contribution in [0.15, 0.2) is 82.7 Å². The van der Waals surface area contributed by atoms with Crippen molar-refractivity contribution in [3.05, 3.63) is 88.7 Å². The first-order chi connectivity index (χ1) is 17.8. The number of ether oxygens (including phenoxy) is 2. The molecule has 1 N–H and O–H groups in total. The summed E-state index contributed by atoms with van der Waals surface area (Å²) in [6, 6.07) is 19.3. The number of aromatic nitrogens is 1. The molecule has 9 nitrogen and oxygen atoms in total. The van der Waals surface area contributed by atoms with E-state index in [9.17, 15) is 18.0 Å². The van der Waals surface area contributed by atoms with E-state index in [4.69, 9.17) is 9.47 Å². The molecule has 0 aliphatic rings. The molecule has 0 radical (unpaired) electrons. The van der Waals surface area contributed by atoms with Crippen molar-refractivity contribution in [3.63, 3.8) is 0 Å². The van der Waals surface area contributed by atoms with E-state index in [0.717, 1.165) is 10.2 Å². The zero-order valence-electron chi connectivity index (χ0n) is 20.2. The van der Waals surface area contributed by atoms with E-state index in [1.165, 1.54) is 47.7 Å². The van der Waals surface area contributed by atoms with Gasteiger partial charge < -0.3 is 14.0 Å². The lowest BCUT2D eigenvalue weighted by molar-refractivity contribution is 0.0526. The fourth-order valence-corrected chi connectivity index (χ4v) is 5.72. The number of nitrogens with zero attached hydrogens (tertiary/aromatic N) is 2. The second-order valence-corrected chi connectivity index (χ2v) is 10.5. The molecule has 1 aromatic heterocycles. The Kier molecular flexibility index (Phi) is 8.17. The van der Waals surface area contributed by atoms with Crippen LogP contribution in [0.25, 0.3) is 10.2 Å². The van der Waals surface area contributed by atoms with E-state index in [1.807, 2.05) is 4.57 Å². The van der Waals surface area contributed by atoms with Crippen LogP contribution in [0, 0.1) is 0 Å². The fourth-order valence-electron chi connectivity index (χ4n) is 3.54. The highest BCUT2D eigenvalue weighted by Gasteiger charge is 2.15. The molecule has 0 atom stereocenters. The third-order valence-electron chi connectivity index (χ3n) is 5.35. The average molecular weight is 540 g/mol. The number of methoxy groups -OCH3 is 1. The van der Waals surface area contributed by atoms with Crippen LogP contribution in [-0.2, 0) is 26.0 Å². The van der Waals surface area contributed by atoms with Crippen molar-refractivity contribution in [2.75, 3.05) is 25.0 Å². The van der Waals surface area contributed by atoms with Gasteiger partial charge in [0.2, 0.25) is 0 Å². The first-order valence-corrected chi connectivity index (χ1v) is 13.7. The Morgan fingerprint density at radius 1 is 1.00 bits per heavy atom. The van der Waals surface area contributed by atoms with Crippen LogP contribution in [0.2, 0.25) is 0 Å². The number of hydrogen-bond acceptors (Lipinski definition) is 7. The topological polar surface area (TPSA) is 116 Å². The van der Waals surface area contributed by atoms with Gasteiger partial charge in [0.15, 0.2) is 4.80 Å². The minimum Gasteiger partial charge on any atom is -0.462 e. The van der Waals surface area contributed by atoms with Crippen molar-refractivity contribution in [1.29, 1.82) is 0 Å². The van der Waals surface area contributed by atoms with E-state index in [0.29, 0.717) is 34.8 Å². The predicted molar refractivity (Wildman–Crippen MR) is 141 cm³/mol. The highest BCUT2D eigenvalue weighted by molar-refractivity contribution is 7.92. The molecule has 4 rings (SSSR count). The number of nitrogens with one attached hydrogen (secondary N) is 1. The molecule has 0 aliphatic carbocycles. The molecule has 192 valence electrons. The summed E-state index contributed by atoms with van der Waals surface area (Å²) in [6.45, 7) is 2.88. The minimum absolute atomic E-state index is 0.140. The fraction of sp³-hybridized carbons (Fsp3) is 0.192. The molecule has 1 amide bonds. The summed E-state index contributed by atoms with van der Waals surface area (Å²) in [5.41, 5.74) is 1.85. The third kappa shape index (κ3) is 6.13. The maximum Gasteiger partial charge on any atom is 0.338 e. The third-order valence-corrected chi connectivity index (χ3v) is 7.79. The number of anilines is 1. The summed E-state index contributed by atoms with van der Waals surface area (Å²) in [5.74, 6) is -0.903. The number of benzene rings is 3. The van der Waals surface area contributed by atoms with E-state index in [-0.39, 0.29) is 11.5 Å². The standard InChI is InChI=1S/C26H25N3O6S2/c1-3-35-25(31)19-11-14-22-23(17-19)36-26(29(22)15-16-34-2)27-24(30)18-9-12-20(13-10-18)28-37(32,33)21-7-5-4-6-8-21/h4-14,17,28H,3,15-16H2,1-2H3. The Labute approximate surface area is 218 Å². The van der Waals surface area contributed by atoms with E-state index in [2.05, 4.69) is 9.71 Å². The molecule has 0 saturated carbocycles. The summed E-state index contributed by atoms with van der Waals surface area (Å²) in [6.07, 6.45) is 0. The molecule has 0 aliphatic heterocycles. The van der Waals surface area contributed by atoms with Gasteiger partial charge in [0.25, 0.3) is 15.9 Å². The largest absolute Gasteiger partial charge is 0.462 e. The zero-order valence-corrected chi connectivity index (χ0v) is 21.8. The van der Waals surface area contributed by atoms with Crippen LogP contribution in [0.3, 0.4) is 0 Å². The average Bonchev–Trinajstić information content (AvgIpc) is 3.24. The molecule has 37 heavy (non-hydrogen) atoms. The Morgan fingerprint density at radius 2 is 1.70 bits per heavy atom. The summed E-state index contributed by atoms with van der Waals surface area (Å²) < 4.78 is 40.5. The first kappa shape index (κ1) is 26.3. The van der Waals surface area contributed by atoms with Gasteiger partial charge >= 0.3 is 5.97 Å². The predicted octanol–water partition coefficient (Wildman–Crippen LogP) is 4.07. The molecule has 1 heterocycles. The van der Waals surface area contributed by atoms with Gasteiger partial charge in [-0.05, 0) is 61.5 Å². The number of sulfonamides is 1. The normalized spacial score (nSPS) is 12.0. The van der Waals surface area contributed by atoms with Crippen molar-refractivity contribution in [3.8, 4) is 0 Å². The lowest BCUT2D eigenvalue weighted by Gasteiger charge is -2.08. The highest BCUT2D eigenvalue weighted by Crippen LogP contribution is 2.21. The van der Waals surface area contributed by atoms with Gasteiger partial charge in [0.05, 0.1) is 33.9 Å². The van der Waals surface area contributed by atoms with Crippen molar-refractivity contribution in [2.24, 2.45) is 4.99 Å². The van der Waals surface area contributed by atoms with E-state index >= 15 is 0 Å². The van der Waals surface area contributed by atoms with Crippen molar-refractivity contribution < 1.29 is 27.5 Å². The Hall–Kier alpha value is -3.80. The van der Waals surface area contributed by atoms with Crippen LogP contribution in [-0.4, -0.2) is 45.2 Å². The molecule has 0 unspecified atom stereocenters. The Morgan fingerprint density at radius 3 is 2.38 bits per heavy atom. The summed E-state index contributed by atoms with van der Waals surface area (Å²) >= 11 is 1.28. The number of rotatable bonds is 9. The summed E-state index contributed by atoms with van der Waals surface area (Å²) in [7, 11) is -2.16. The van der Waals surface area contributed by atoms with E-state index < -0.39 is 21.9 Å². The molecule has 0 spiro atoms. The molecule has 0 saturated heterocycles. The lowest BCUT2D eigenvalue weighted by Crippen LogP contribution is -2.19. The van der Waals surface area contributed by atoms with Gasteiger partial charge in [0, 0.05) is 24.9 Å². The molecule has 0 fully saturated rings. The molecular formula is C26H25N3O6S2. The molecule has 3 aromatic carbocycles. The molecule has 4 aromatic rings. The number of amides is 1. The van der Waals surface area contributed by atoms with Crippen LogP contribution in [0.5, 0.6) is 0 Å². The quantitative estimate of drug-likeness (QED) is 0.321. The number of hydrogen-bond donors (Lipinski definition) is 1. The summed E-state index contributed by atoms with van der Waals surface area (Å²) in [4.78, 5) is 30.0. The first-order valence-electron chi connectivity index (χ1n) is 11.4. The molecular weight excluding hydrogens is 514 g/mol. The van der Waals surface area contributed by atoms with Gasteiger partial charge in [-0.3, -0.25) is 9.52 Å². The van der Waals surface area contributed by atoms with Crippen molar-refractivity contribution >= 4 is 49.1 Å². The minimum atomic E-state index is -3.74. The monoisotopic (exact) mass is 539 g/mol. The maximum atomic E-state index is 13.0. The second-order valence-electron chi connectivity index (χ2n) is 7.84. The highest BCUT2D eigenvalue weighted by atomic mass is 32.2. The van der Waals surface area contributed by atoms with Gasteiger partial charge in [-0.15, -0.1) is 0 Å².